The normalized spacial score (nSPS) is 13.8. The highest BCUT2D eigenvalue weighted by Crippen LogP contribution is 2.45. The minimum atomic E-state index is -4.54. The molecule has 2 aliphatic carbocycles. The summed E-state index contributed by atoms with van der Waals surface area (Å²) >= 11 is 25.3. The molecular weight excluding hydrogens is 864 g/mol. The molecule has 18 heteroatoms. The number of halogens is 6. The lowest BCUT2D eigenvalue weighted by molar-refractivity contribution is 0.481. The second-order valence-electron chi connectivity index (χ2n) is 13.3. The molecule has 0 spiro atoms. The van der Waals surface area contributed by atoms with Gasteiger partial charge in [-0.05, 0) is 103 Å². The highest BCUT2D eigenvalue weighted by atomic mass is 35.5. The SMILES string of the molecule is O=S(=O)(O)c1ccc2c(c1)-c1c(c(/C(F)=C/CCC/C=C(\F)c3nn(-c4ccc(Cl)cc4Cl)c4c3Cc3ccc(S(=O)(=O)O)cc3-4)nn1-c1ccc(Cl)cc1Cl)C2. The van der Waals surface area contributed by atoms with Gasteiger partial charge in [0.05, 0.1) is 42.6 Å². The van der Waals surface area contributed by atoms with Crippen LogP contribution in [0.2, 0.25) is 20.1 Å². The lowest BCUT2D eigenvalue weighted by Crippen LogP contribution is -2.03. The van der Waals surface area contributed by atoms with Gasteiger partial charge in [-0.3, -0.25) is 9.11 Å². The maximum atomic E-state index is 16.1. The van der Waals surface area contributed by atoms with Crippen LogP contribution in [0.15, 0.2) is 94.7 Å². The molecule has 2 heterocycles. The van der Waals surface area contributed by atoms with Crippen LogP contribution in [0.3, 0.4) is 0 Å². The molecule has 0 aliphatic heterocycles. The van der Waals surface area contributed by atoms with E-state index in [4.69, 9.17) is 46.4 Å². The van der Waals surface area contributed by atoms with Crippen LogP contribution in [0.4, 0.5) is 8.78 Å². The van der Waals surface area contributed by atoms with Gasteiger partial charge < -0.3 is 0 Å². The standard InChI is InChI=1S/C39H26Cl4F2N4O6S2/c40-22-8-12-34(30(42)16-22)48-38-26-18-24(56(50,51)52)10-6-20(26)14-28(38)36(46-48)32(44)4-2-1-3-5-33(45)37-29-15-21-7-11-25(57(53,54)55)19-27(21)39(29)49(47-37)35-13-9-23(41)17-31(35)43/h4-13,16-19H,1-3,14-15H2,(H,50,51,52)(H,53,54,55)/b32-4-,33-5-. The molecule has 0 bridgehead atoms. The first kappa shape index (κ1) is 39.4. The predicted octanol–water partition coefficient (Wildman–Crippen LogP) is 10.8. The molecule has 0 radical (unpaired) electrons. The van der Waals surface area contributed by atoms with Crippen LogP contribution in [0.25, 0.3) is 45.5 Å². The van der Waals surface area contributed by atoms with Crippen LogP contribution >= 0.6 is 46.4 Å². The molecule has 0 saturated heterocycles. The van der Waals surface area contributed by atoms with Crippen LogP contribution in [-0.4, -0.2) is 45.5 Å². The maximum absolute atomic E-state index is 16.1. The zero-order valence-electron chi connectivity index (χ0n) is 29.0. The molecule has 10 nitrogen and oxygen atoms in total. The van der Waals surface area contributed by atoms with Crippen molar-refractivity contribution in [2.75, 3.05) is 0 Å². The van der Waals surface area contributed by atoms with Crippen molar-refractivity contribution in [1.29, 1.82) is 0 Å². The average Bonchev–Trinajstić information content (AvgIpc) is 3.89. The van der Waals surface area contributed by atoms with Gasteiger partial charge >= 0.3 is 0 Å². The fraction of sp³-hybridized carbons (Fsp3) is 0.128. The van der Waals surface area contributed by atoms with E-state index in [2.05, 4.69) is 10.2 Å². The van der Waals surface area contributed by atoms with Gasteiger partial charge in [-0.1, -0.05) is 58.5 Å². The van der Waals surface area contributed by atoms with Crippen molar-refractivity contribution in [3.63, 3.8) is 0 Å². The number of allylic oxidation sites excluding steroid dienone is 2. The van der Waals surface area contributed by atoms with E-state index in [9.17, 15) is 25.9 Å². The smallest absolute Gasteiger partial charge is 0.282 e. The van der Waals surface area contributed by atoms with Gasteiger partial charge in [-0.2, -0.15) is 27.0 Å². The topological polar surface area (TPSA) is 144 Å². The van der Waals surface area contributed by atoms with Crippen LogP contribution in [0.1, 0.15) is 52.9 Å². The van der Waals surface area contributed by atoms with E-state index in [1.54, 1.807) is 36.4 Å². The van der Waals surface area contributed by atoms with E-state index < -0.39 is 31.9 Å². The van der Waals surface area contributed by atoms with Crippen molar-refractivity contribution in [1.82, 2.24) is 19.6 Å². The Morgan fingerprint density at radius 1 is 0.632 bits per heavy atom. The monoisotopic (exact) mass is 888 g/mol. The van der Waals surface area contributed by atoms with Gasteiger partial charge in [0.2, 0.25) is 0 Å². The van der Waals surface area contributed by atoms with Crippen molar-refractivity contribution < 1.29 is 34.7 Å². The highest BCUT2D eigenvalue weighted by Gasteiger charge is 2.33. The third kappa shape index (κ3) is 7.34. The van der Waals surface area contributed by atoms with E-state index in [0.29, 0.717) is 72.6 Å². The number of benzene rings is 4. The summed E-state index contributed by atoms with van der Waals surface area (Å²) in [7, 11) is -9.08. The largest absolute Gasteiger partial charge is 0.294 e. The van der Waals surface area contributed by atoms with Crippen LogP contribution < -0.4 is 0 Å². The molecule has 0 amide bonds. The summed E-state index contributed by atoms with van der Waals surface area (Å²) < 4.78 is 102. The Balaban J connectivity index is 1.08. The molecule has 0 unspecified atom stereocenters. The first-order valence-electron chi connectivity index (χ1n) is 17.1. The molecule has 57 heavy (non-hydrogen) atoms. The lowest BCUT2D eigenvalue weighted by Gasteiger charge is -2.10. The molecule has 6 aromatic rings. The summed E-state index contributed by atoms with van der Waals surface area (Å²) in [4.78, 5) is -0.661. The van der Waals surface area contributed by atoms with Gasteiger partial charge in [-0.15, -0.1) is 0 Å². The minimum absolute atomic E-state index is 0.0148. The summed E-state index contributed by atoms with van der Waals surface area (Å²) in [5.41, 5.74) is 4.82. The summed E-state index contributed by atoms with van der Waals surface area (Å²) in [6.45, 7) is 0. The lowest BCUT2D eigenvalue weighted by atomic mass is 10.1. The van der Waals surface area contributed by atoms with Gasteiger partial charge in [0.15, 0.2) is 0 Å². The van der Waals surface area contributed by atoms with Gasteiger partial charge in [0.1, 0.15) is 23.0 Å². The van der Waals surface area contributed by atoms with Crippen LogP contribution in [-0.2, 0) is 33.1 Å². The number of aromatic nitrogens is 4. The first-order valence-corrected chi connectivity index (χ1v) is 21.5. The van der Waals surface area contributed by atoms with E-state index >= 15 is 8.78 Å². The molecule has 8 rings (SSSR count). The predicted molar refractivity (Wildman–Crippen MR) is 215 cm³/mol. The highest BCUT2D eigenvalue weighted by molar-refractivity contribution is 7.86. The van der Waals surface area contributed by atoms with Crippen molar-refractivity contribution in [3.8, 4) is 33.9 Å². The molecule has 4 aromatic carbocycles. The fourth-order valence-corrected chi connectivity index (χ4v) is 9.15. The maximum Gasteiger partial charge on any atom is 0.294 e. The molecule has 0 fully saturated rings. The summed E-state index contributed by atoms with van der Waals surface area (Å²) in [5.74, 6) is -1.30. The molecule has 0 saturated carbocycles. The Hall–Kier alpha value is -4.38. The molecule has 292 valence electrons. The third-order valence-electron chi connectivity index (χ3n) is 9.75. The molecule has 2 aromatic heterocycles. The molecule has 0 atom stereocenters. The Labute approximate surface area is 345 Å². The van der Waals surface area contributed by atoms with Crippen LogP contribution in [0, 0.1) is 0 Å². The zero-order chi connectivity index (χ0) is 40.6. The summed E-state index contributed by atoms with van der Waals surface area (Å²) in [6.07, 6.45) is 3.84. The minimum Gasteiger partial charge on any atom is -0.282 e. The van der Waals surface area contributed by atoms with Crippen molar-refractivity contribution in [2.45, 2.75) is 41.9 Å². The van der Waals surface area contributed by atoms with Gasteiger partial charge in [-0.25, -0.2) is 18.1 Å². The number of fused-ring (bicyclic) bond motifs is 6. The van der Waals surface area contributed by atoms with Crippen molar-refractivity contribution in [3.05, 3.63) is 139 Å². The molecular formula is C39H26Cl4F2N4O6S2. The summed E-state index contributed by atoms with van der Waals surface area (Å²) in [6, 6.07) is 17.6. The Bertz CT molecular complexity index is 2780. The zero-order valence-corrected chi connectivity index (χ0v) is 33.7. The Kier molecular flexibility index (Phi) is 10.2. The van der Waals surface area contributed by atoms with E-state index in [-0.39, 0.29) is 56.9 Å². The first-order chi connectivity index (χ1) is 27.0. The Morgan fingerprint density at radius 3 is 1.40 bits per heavy atom. The second-order valence-corrected chi connectivity index (χ2v) is 17.9. The van der Waals surface area contributed by atoms with Crippen molar-refractivity contribution in [2.24, 2.45) is 0 Å². The van der Waals surface area contributed by atoms with Gasteiger partial charge in [0, 0.05) is 45.1 Å². The second kappa shape index (κ2) is 14.8. The number of rotatable bonds is 10. The van der Waals surface area contributed by atoms with Crippen molar-refractivity contribution >= 4 is 78.3 Å². The Morgan fingerprint density at radius 2 is 1.04 bits per heavy atom. The average molecular weight is 891 g/mol. The number of hydrogen-bond acceptors (Lipinski definition) is 6. The molecule has 2 aliphatic rings. The summed E-state index contributed by atoms with van der Waals surface area (Å²) in [5, 5.41) is 10.3. The number of unbranched alkanes of at least 4 members (excludes halogenated alkanes) is 2. The fourth-order valence-electron chi connectivity index (χ4n) is 7.16. The third-order valence-corrected chi connectivity index (χ3v) is 12.5. The quantitative estimate of drug-likeness (QED) is 0.102. The van der Waals surface area contributed by atoms with E-state index in [0.717, 1.165) is 0 Å². The van der Waals surface area contributed by atoms with E-state index in [1.165, 1.54) is 57.9 Å². The van der Waals surface area contributed by atoms with E-state index in [1.807, 2.05) is 0 Å². The number of nitrogens with zero attached hydrogens (tertiary/aromatic N) is 4. The number of hydrogen-bond donors (Lipinski definition) is 2. The van der Waals surface area contributed by atoms with Gasteiger partial charge in [0.25, 0.3) is 20.2 Å². The van der Waals surface area contributed by atoms with Crippen LogP contribution in [0.5, 0.6) is 0 Å². The molecule has 2 N–H and O–H groups in total.